The number of aryl methyl sites for hydroxylation is 1. The second-order valence-electron chi connectivity index (χ2n) is 4.29. The number of thioether (sulfide) groups is 1. The van der Waals surface area contributed by atoms with Crippen LogP contribution in [0.4, 0.5) is 0 Å². The van der Waals surface area contributed by atoms with Gasteiger partial charge >= 0.3 is 0 Å². The predicted octanol–water partition coefficient (Wildman–Crippen LogP) is 2.36. The highest BCUT2D eigenvalue weighted by atomic mass is 32.2. The number of nitriles is 1. The molecule has 0 saturated carbocycles. The van der Waals surface area contributed by atoms with E-state index in [1.807, 2.05) is 27.7 Å². The van der Waals surface area contributed by atoms with Crippen molar-refractivity contribution in [3.63, 3.8) is 0 Å². The van der Waals surface area contributed by atoms with Crippen LogP contribution in [0.15, 0.2) is 15.9 Å². The van der Waals surface area contributed by atoms with Crippen LogP contribution >= 0.6 is 11.8 Å². The van der Waals surface area contributed by atoms with Gasteiger partial charge in [0.05, 0.1) is 11.8 Å². The van der Waals surface area contributed by atoms with Gasteiger partial charge in [-0.05, 0) is 27.7 Å². The fraction of sp³-hybridized carbons (Fsp3) is 0.636. The van der Waals surface area contributed by atoms with E-state index >= 15 is 0 Å². The van der Waals surface area contributed by atoms with E-state index in [1.54, 1.807) is 6.26 Å². The monoisotopic (exact) mass is 239 g/mol. The maximum atomic E-state index is 9.14. The largest absolute Gasteiger partial charge is 0.440 e. The molecule has 0 spiro atoms. The Balaban J connectivity index is 2.55. The van der Waals surface area contributed by atoms with Crippen molar-refractivity contribution in [3.8, 4) is 6.07 Å². The molecule has 1 N–H and O–H groups in total. The Labute approximate surface area is 100 Å². The zero-order valence-electron chi connectivity index (χ0n) is 10.1. The van der Waals surface area contributed by atoms with E-state index < -0.39 is 5.54 Å². The van der Waals surface area contributed by atoms with Crippen molar-refractivity contribution in [2.24, 2.45) is 0 Å². The Bertz CT molecular complexity index is 383. The van der Waals surface area contributed by atoms with Crippen molar-refractivity contribution in [1.82, 2.24) is 10.3 Å². The van der Waals surface area contributed by atoms with Crippen LogP contribution < -0.4 is 5.32 Å². The topological polar surface area (TPSA) is 61.9 Å². The molecule has 88 valence electrons. The average molecular weight is 239 g/mol. The SMILES string of the molecule is Cc1coc(SCC(C)(C#N)NC(C)C)n1. The Kier molecular flexibility index (Phi) is 4.39. The Morgan fingerprint density at radius 3 is 2.81 bits per heavy atom. The second kappa shape index (κ2) is 5.37. The zero-order valence-corrected chi connectivity index (χ0v) is 10.9. The third kappa shape index (κ3) is 3.87. The van der Waals surface area contributed by atoms with Crippen LogP contribution in [-0.2, 0) is 0 Å². The summed E-state index contributed by atoms with van der Waals surface area (Å²) in [6.07, 6.45) is 1.61. The molecule has 0 radical (unpaired) electrons. The van der Waals surface area contributed by atoms with Gasteiger partial charge in [0.25, 0.3) is 5.22 Å². The lowest BCUT2D eigenvalue weighted by atomic mass is 10.1. The summed E-state index contributed by atoms with van der Waals surface area (Å²) in [7, 11) is 0. The summed E-state index contributed by atoms with van der Waals surface area (Å²) in [5.41, 5.74) is 0.305. The Morgan fingerprint density at radius 1 is 1.69 bits per heavy atom. The summed E-state index contributed by atoms with van der Waals surface area (Å²) >= 11 is 1.45. The summed E-state index contributed by atoms with van der Waals surface area (Å²) in [6.45, 7) is 7.81. The number of oxazole rings is 1. The van der Waals surface area contributed by atoms with Crippen LogP contribution in [0.25, 0.3) is 0 Å². The molecule has 1 aromatic rings. The molecule has 1 heterocycles. The molecule has 0 aliphatic carbocycles. The van der Waals surface area contributed by atoms with Crippen LogP contribution in [0.1, 0.15) is 26.5 Å². The van der Waals surface area contributed by atoms with Gasteiger partial charge in [0.1, 0.15) is 11.8 Å². The first-order valence-electron chi connectivity index (χ1n) is 5.19. The van der Waals surface area contributed by atoms with Crippen molar-refractivity contribution in [3.05, 3.63) is 12.0 Å². The number of nitrogens with zero attached hydrogens (tertiary/aromatic N) is 2. The molecule has 0 aliphatic rings. The van der Waals surface area contributed by atoms with Gasteiger partial charge in [-0.1, -0.05) is 11.8 Å². The minimum absolute atomic E-state index is 0.275. The highest BCUT2D eigenvalue weighted by molar-refractivity contribution is 7.99. The van der Waals surface area contributed by atoms with E-state index in [9.17, 15) is 0 Å². The van der Waals surface area contributed by atoms with Gasteiger partial charge in [0.15, 0.2) is 0 Å². The highest BCUT2D eigenvalue weighted by Crippen LogP contribution is 2.21. The molecular formula is C11H17N3OS. The molecule has 5 heteroatoms. The third-order valence-corrected chi connectivity index (χ3v) is 3.09. The summed E-state index contributed by atoms with van der Waals surface area (Å²) in [5.74, 6) is 0.613. The molecule has 1 aromatic heterocycles. The number of nitrogens with one attached hydrogen (secondary N) is 1. The van der Waals surface area contributed by atoms with Gasteiger partial charge in [-0.3, -0.25) is 5.32 Å². The van der Waals surface area contributed by atoms with Crippen LogP contribution in [0.5, 0.6) is 0 Å². The van der Waals surface area contributed by atoms with E-state index in [4.69, 9.17) is 9.68 Å². The van der Waals surface area contributed by atoms with E-state index in [-0.39, 0.29) is 6.04 Å². The minimum Gasteiger partial charge on any atom is -0.440 e. The highest BCUT2D eigenvalue weighted by Gasteiger charge is 2.25. The summed E-state index contributed by atoms with van der Waals surface area (Å²) in [4.78, 5) is 4.19. The lowest BCUT2D eigenvalue weighted by Gasteiger charge is -2.24. The molecule has 0 aliphatic heterocycles. The molecule has 0 bridgehead atoms. The molecular weight excluding hydrogens is 222 g/mol. The smallest absolute Gasteiger partial charge is 0.255 e. The first-order valence-corrected chi connectivity index (χ1v) is 6.17. The standard InChI is InChI=1S/C11H17N3OS/c1-8(2)14-11(4,6-12)7-16-10-13-9(3)5-15-10/h5,8,14H,7H2,1-4H3. The summed E-state index contributed by atoms with van der Waals surface area (Å²) < 4.78 is 5.22. The van der Waals surface area contributed by atoms with Gasteiger partial charge in [-0.2, -0.15) is 5.26 Å². The molecule has 1 rings (SSSR count). The lowest BCUT2D eigenvalue weighted by molar-refractivity contribution is 0.434. The number of hydrogen-bond acceptors (Lipinski definition) is 5. The van der Waals surface area contributed by atoms with E-state index in [0.717, 1.165) is 5.69 Å². The molecule has 1 unspecified atom stereocenters. The van der Waals surface area contributed by atoms with Crippen LogP contribution in [-0.4, -0.2) is 22.3 Å². The normalized spacial score (nSPS) is 14.8. The third-order valence-electron chi connectivity index (χ3n) is 1.94. The quantitative estimate of drug-likeness (QED) is 0.799. The first kappa shape index (κ1) is 13.1. The van der Waals surface area contributed by atoms with Crippen molar-refractivity contribution < 1.29 is 4.42 Å². The molecule has 1 atom stereocenters. The number of rotatable bonds is 5. The lowest BCUT2D eigenvalue weighted by Crippen LogP contribution is -2.47. The van der Waals surface area contributed by atoms with Gasteiger partial charge in [0.2, 0.25) is 0 Å². The minimum atomic E-state index is -0.554. The molecule has 16 heavy (non-hydrogen) atoms. The van der Waals surface area contributed by atoms with Gasteiger partial charge in [-0.25, -0.2) is 4.98 Å². The van der Waals surface area contributed by atoms with Crippen LogP contribution in [0.2, 0.25) is 0 Å². The van der Waals surface area contributed by atoms with Gasteiger partial charge in [-0.15, -0.1) is 0 Å². The van der Waals surface area contributed by atoms with Crippen molar-refractivity contribution in [2.45, 2.75) is 44.5 Å². The first-order chi connectivity index (χ1) is 7.45. The van der Waals surface area contributed by atoms with Crippen molar-refractivity contribution in [2.75, 3.05) is 5.75 Å². The average Bonchev–Trinajstić information content (AvgIpc) is 2.60. The van der Waals surface area contributed by atoms with E-state index in [2.05, 4.69) is 16.4 Å². The molecule has 0 saturated heterocycles. The molecule has 0 aromatic carbocycles. The molecule has 4 nitrogen and oxygen atoms in total. The zero-order chi connectivity index (χ0) is 12.2. The second-order valence-corrected chi connectivity index (χ2v) is 5.21. The van der Waals surface area contributed by atoms with Crippen molar-refractivity contribution in [1.29, 1.82) is 5.26 Å². The van der Waals surface area contributed by atoms with E-state index in [1.165, 1.54) is 11.8 Å². The predicted molar refractivity (Wildman–Crippen MR) is 64.3 cm³/mol. The maximum Gasteiger partial charge on any atom is 0.255 e. The fourth-order valence-corrected chi connectivity index (χ4v) is 2.23. The van der Waals surface area contributed by atoms with Gasteiger partial charge in [0, 0.05) is 11.8 Å². The molecule has 0 amide bonds. The number of hydrogen-bond donors (Lipinski definition) is 1. The fourth-order valence-electron chi connectivity index (χ4n) is 1.35. The van der Waals surface area contributed by atoms with Crippen molar-refractivity contribution >= 4 is 11.8 Å². The summed E-state index contributed by atoms with van der Waals surface area (Å²) in [5, 5.41) is 13.0. The Hall–Kier alpha value is -0.990. The van der Waals surface area contributed by atoms with Crippen LogP contribution in [0.3, 0.4) is 0 Å². The molecule has 0 fully saturated rings. The van der Waals surface area contributed by atoms with Crippen LogP contribution in [0, 0.1) is 18.3 Å². The number of aromatic nitrogens is 1. The Morgan fingerprint density at radius 2 is 2.38 bits per heavy atom. The maximum absolute atomic E-state index is 9.14. The van der Waals surface area contributed by atoms with E-state index in [0.29, 0.717) is 11.0 Å². The summed E-state index contributed by atoms with van der Waals surface area (Å²) in [6, 6.07) is 2.56. The van der Waals surface area contributed by atoms with Gasteiger partial charge < -0.3 is 4.42 Å².